The molecule has 1 unspecified atom stereocenters. The van der Waals surface area contributed by atoms with Gasteiger partial charge in [-0.3, -0.25) is 4.99 Å². The molecule has 19 heavy (non-hydrogen) atoms. The minimum atomic E-state index is -0.340. The van der Waals surface area contributed by atoms with Gasteiger partial charge in [0.25, 0.3) is 0 Å². The van der Waals surface area contributed by atoms with Crippen LogP contribution in [0.2, 0.25) is 0 Å². The van der Waals surface area contributed by atoms with Crippen LogP contribution in [0.3, 0.4) is 0 Å². The third-order valence-electron chi connectivity index (χ3n) is 2.55. The monoisotopic (exact) mass is 263 g/mol. The Balaban J connectivity index is 4.43. The summed E-state index contributed by atoms with van der Waals surface area (Å²) in [6.07, 6.45) is 7.27. The SMILES string of the molecule is C=CC(C)(CCC(=C)/N=C\C=C(C)C)OC(C)(C)C. The van der Waals surface area contributed by atoms with Gasteiger partial charge in [-0.05, 0) is 60.5 Å². The average molecular weight is 263 g/mol. The Morgan fingerprint density at radius 1 is 1.21 bits per heavy atom. The number of allylic oxidation sites excluding steroid dienone is 3. The molecule has 0 aromatic heterocycles. The molecule has 0 aliphatic rings. The Morgan fingerprint density at radius 3 is 2.21 bits per heavy atom. The number of rotatable bonds is 7. The van der Waals surface area contributed by atoms with Crippen LogP contribution in [0.1, 0.15) is 54.4 Å². The van der Waals surface area contributed by atoms with Gasteiger partial charge >= 0.3 is 0 Å². The molecular formula is C17H29NO. The van der Waals surface area contributed by atoms with E-state index in [1.165, 1.54) is 5.57 Å². The fourth-order valence-corrected chi connectivity index (χ4v) is 1.64. The predicted octanol–water partition coefficient (Wildman–Crippen LogP) is 5.08. The normalized spacial score (nSPS) is 15.1. The first-order valence-corrected chi connectivity index (χ1v) is 6.77. The molecule has 0 aromatic rings. The number of aliphatic imine (C=N–C) groups is 1. The van der Waals surface area contributed by atoms with Crippen molar-refractivity contribution in [3.8, 4) is 0 Å². The lowest BCUT2D eigenvalue weighted by molar-refractivity contribution is -0.0985. The highest BCUT2D eigenvalue weighted by atomic mass is 16.5. The second-order valence-electron chi connectivity index (χ2n) is 6.32. The summed E-state index contributed by atoms with van der Waals surface area (Å²) in [6, 6.07) is 0. The highest BCUT2D eigenvalue weighted by Crippen LogP contribution is 2.27. The molecule has 2 heteroatoms. The van der Waals surface area contributed by atoms with Crippen LogP contribution in [-0.4, -0.2) is 17.4 Å². The molecule has 0 radical (unpaired) electrons. The van der Waals surface area contributed by atoms with Crippen LogP contribution in [0.15, 0.2) is 41.6 Å². The first-order chi connectivity index (χ1) is 8.58. The van der Waals surface area contributed by atoms with Crippen molar-refractivity contribution in [2.75, 3.05) is 0 Å². The van der Waals surface area contributed by atoms with Crippen molar-refractivity contribution in [2.24, 2.45) is 4.99 Å². The van der Waals surface area contributed by atoms with Crippen molar-refractivity contribution >= 4 is 6.21 Å². The smallest absolute Gasteiger partial charge is 0.0842 e. The maximum Gasteiger partial charge on any atom is 0.0842 e. The van der Waals surface area contributed by atoms with Gasteiger partial charge < -0.3 is 4.74 Å². The fourth-order valence-electron chi connectivity index (χ4n) is 1.64. The van der Waals surface area contributed by atoms with Gasteiger partial charge in [0.15, 0.2) is 0 Å². The summed E-state index contributed by atoms with van der Waals surface area (Å²) in [5.74, 6) is 0. The summed E-state index contributed by atoms with van der Waals surface area (Å²) in [4.78, 5) is 4.31. The zero-order valence-corrected chi connectivity index (χ0v) is 13.4. The zero-order chi connectivity index (χ0) is 15.1. The Hall–Kier alpha value is -1.15. The number of nitrogens with zero attached hydrogens (tertiary/aromatic N) is 1. The van der Waals surface area contributed by atoms with E-state index in [0.717, 1.165) is 18.5 Å². The first-order valence-electron chi connectivity index (χ1n) is 6.77. The van der Waals surface area contributed by atoms with Crippen LogP contribution >= 0.6 is 0 Å². The molecule has 0 bridgehead atoms. The largest absolute Gasteiger partial charge is 0.366 e. The van der Waals surface area contributed by atoms with Gasteiger partial charge in [-0.2, -0.15) is 0 Å². The van der Waals surface area contributed by atoms with Gasteiger partial charge in [-0.1, -0.05) is 18.2 Å². The van der Waals surface area contributed by atoms with Gasteiger partial charge in [-0.15, -0.1) is 6.58 Å². The zero-order valence-electron chi connectivity index (χ0n) is 13.4. The topological polar surface area (TPSA) is 21.6 Å². The van der Waals surface area contributed by atoms with Gasteiger partial charge in [0.2, 0.25) is 0 Å². The lowest BCUT2D eigenvalue weighted by atomic mass is 9.97. The van der Waals surface area contributed by atoms with Crippen LogP contribution in [0.5, 0.6) is 0 Å². The van der Waals surface area contributed by atoms with E-state index >= 15 is 0 Å². The van der Waals surface area contributed by atoms with Crippen molar-refractivity contribution in [1.82, 2.24) is 0 Å². The molecule has 0 N–H and O–H groups in total. The molecule has 0 saturated heterocycles. The molecule has 2 nitrogen and oxygen atoms in total. The minimum absolute atomic E-state index is 0.185. The van der Waals surface area contributed by atoms with E-state index < -0.39 is 0 Å². The molecule has 0 spiro atoms. The summed E-state index contributed by atoms with van der Waals surface area (Å²) >= 11 is 0. The highest BCUT2D eigenvalue weighted by Gasteiger charge is 2.27. The number of hydrogen-bond acceptors (Lipinski definition) is 2. The van der Waals surface area contributed by atoms with Crippen molar-refractivity contribution in [2.45, 2.75) is 65.6 Å². The summed E-state index contributed by atoms with van der Waals surface area (Å²) in [6.45, 7) is 20.1. The van der Waals surface area contributed by atoms with E-state index in [1.54, 1.807) is 6.21 Å². The molecule has 108 valence electrons. The van der Waals surface area contributed by atoms with E-state index in [0.29, 0.717) is 0 Å². The molecule has 0 aliphatic carbocycles. The van der Waals surface area contributed by atoms with E-state index in [1.807, 2.05) is 26.0 Å². The van der Waals surface area contributed by atoms with E-state index in [2.05, 4.69) is 45.8 Å². The third-order valence-corrected chi connectivity index (χ3v) is 2.55. The average Bonchev–Trinajstić information content (AvgIpc) is 2.24. The lowest BCUT2D eigenvalue weighted by Gasteiger charge is -2.34. The lowest BCUT2D eigenvalue weighted by Crippen LogP contribution is -2.35. The molecule has 0 rings (SSSR count). The minimum Gasteiger partial charge on any atom is -0.366 e. The van der Waals surface area contributed by atoms with Crippen LogP contribution in [-0.2, 0) is 4.74 Å². The molecule has 0 heterocycles. The van der Waals surface area contributed by atoms with Gasteiger partial charge in [0.05, 0.1) is 11.2 Å². The van der Waals surface area contributed by atoms with Crippen LogP contribution in [0.25, 0.3) is 0 Å². The van der Waals surface area contributed by atoms with Crippen LogP contribution in [0.4, 0.5) is 0 Å². The summed E-state index contributed by atoms with van der Waals surface area (Å²) < 4.78 is 6.04. The molecular weight excluding hydrogens is 234 g/mol. The summed E-state index contributed by atoms with van der Waals surface area (Å²) in [5, 5.41) is 0. The molecule has 0 fully saturated rings. The van der Waals surface area contributed by atoms with Crippen molar-refractivity contribution < 1.29 is 4.74 Å². The second kappa shape index (κ2) is 7.44. The van der Waals surface area contributed by atoms with Crippen LogP contribution < -0.4 is 0 Å². The van der Waals surface area contributed by atoms with Crippen molar-refractivity contribution in [3.05, 3.63) is 36.6 Å². The summed E-state index contributed by atoms with van der Waals surface area (Å²) in [5.41, 5.74) is 1.56. The fraction of sp³-hybridized carbons (Fsp3) is 0.588. The van der Waals surface area contributed by atoms with Gasteiger partial charge in [0.1, 0.15) is 0 Å². The first kappa shape index (κ1) is 17.8. The maximum atomic E-state index is 6.04. The second-order valence-corrected chi connectivity index (χ2v) is 6.32. The van der Waals surface area contributed by atoms with E-state index in [4.69, 9.17) is 4.74 Å². The number of ether oxygens (including phenoxy) is 1. The molecule has 0 saturated carbocycles. The van der Waals surface area contributed by atoms with Crippen molar-refractivity contribution in [3.63, 3.8) is 0 Å². The highest BCUT2D eigenvalue weighted by molar-refractivity contribution is 5.72. The molecule has 0 aliphatic heterocycles. The molecule has 0 amide bonds. The number of hydrogen-bond donors (Lipinski definition) is 0. The van der Waals surface area contributed by atoms with Gasteiger partial charge in [-0.25, -0.2) is 0 Å². The van der Waals surface area contributed by atoms with E-state index in [-0.39, 0.29) is 11.2 Å². The third kappa shape index (κ3) is 9.43. The predicted molar refractivity (Wildman–Crippen MR) is 85.7 cm³/mol. The quantitative estimate of drug-likeness (QED) is 0.464. The van der Waals surface area contributed by atoms with Crippen molar-refractivity contribution in [1.29, 1.82) is 0 Å². The molecule has 1 atom stereocenters. The maximum absolute atomic E-state index is 6.04. The molecule has 0 aromatic carbocycles. The Kier molecular flexibility index (Phi) is 6.99. The van der Waals surface area contributed by atoms with Crippen LogP contribution in [0, 0.1) is 0 Å². The summed E-state index contributed by atoms with van der Waals surface area (Å²) in [7, 11) is 0. The van der Waals surface area contributed by atoms with E-state index in [9.17, 15) is 0 Å². The Bertz CT molecular complexity index is 367. The Morgan fingerprint density at radius 2 is 1.79 bits per heavy atom. The standard InChI is InChI=1S/C17H29NO/c1-9-17(8,19-16(5,6)7)12-10-15(4)18-13-11-14(2)3/h9,11,13H,1,4,10,12H2,2-3,5-8H3/b18-13-. The Labute approximate surface area is 119 Å². The van der Waals surface area contributed by atoms with Gasteiger partial charge in [0, 0.05) is 11.9 Å².